The van der Waals surface area contributed by atoms with E-state index in [1.165, 1.54) is 7.11 Å². The molecule has 152 valence electrons. The Morgan fingerprint density at radius 3 is 2.43 bits per heavy atom. The quantitative estimate of drug-likeness (QED) is 0.663. The van der Waals surface area contributed by atoms with Crippen LogP contribution in [0.1, 0.15) is 32.3 Å². The van der Waals surface area contributed by atoms with E-state index in [1.54, 1.807) is 32.0 Å². The Morgan fingerprint density at radius 2 is 1.82 bits per heavy atom. The Hall–Kier alpha value is -2.02. The second-order valence-corrected chi connectivity index (χ2v) is 6.77. The molecule has 1 aliphatic heterocycles. The Morgan fingerprint density at radius 1 is 1.11 bits per heavy atom. The summed E-state index contributed by atoms with van der Waals surface area (Å²) in [6.45, 7) is 6.06. The van der Waals surface area contributed by atoms with E-state index in [2.05, 4.69) is 5.32 Å². The van der Waals surface area contributed by atoms with Crippen LogP contribution >= 0.6 is 23.2 Å². The van der Waals surface area contributed by atoms with Crippen molar-refractivity contribution in [1.82, 2.24) is 5.32 Å². The highest BCUT2D eigenvalue weighted by atomic mass is 35.5. The van der Waals surface area contributed by atoms with Gasteiger partial charge in [0.15, 0.2) is 0 Å². The molecule has 0 fully saturated rings. The fraction of sp³-hybridized carbons (Fsp3) is 0.400. The molecule has 1 heterocycles. The first-order valence-electron chi connectivity index (χ1n) is 8.85. The van der Waals surface area contributed by atoms with Gasteiger partial charge < -0.3 is 19.5 Å². The van der Waals surface area contributed by atoms with Crippen molar-refractivity contribution < 1.29 is 23.8 Å². The van der Waals surface area contributed by atoms with Gasteiger partial charge in [0.25, 0.3) is 0 Å². The van der Waals surface area contributed by atoms with Gasteiger partial charge >= 0.3 is 11.9 Å². The molecule has 0 saturated heterocycles. The van der Waals surface area contributed by atoms with Crippen molar-refractivity contribution in [3.05, 3.63) is 56.3 Å². The Labute approximate surface area is 174 Å². The topological polar surface area (TPSA) is 73.9 Å². The van der Waals surface area contributed by atoms with Gasteiger partial charge in [-0.15, -0.1) is 0 Å². The lowest BCUT2D eigenvalue weighted by molar-refractivity contribution is -0.139. The van der Waals surface area contributed by atoms with Gasteiger partial charge in [0, 0.05) is 12.3 Å². The number of hydrogen-bond acceptors (Lipinski definition) is 6. The van der Waals surface area contributed by atoms with Gasteiger partial charge in [-0.1, -0.05) is 35.3 Å². The van der Waals surface area contributed by atoms with Crippen LogP contribution in [0.5, 0.6) is 0 Å². The van der Waals surface area contributed by atoms with Gasteiger partial charge in [-0.3, -0.25) is 0 Å². The maximum Gasteiger partial charge on any atom is 0.336 e. The SMILES string of the molecule is CCOCC1=C(C(=O)OCC)C(c2cccc(Cl)c2Cl)C(C(=O)OC)=C(C)N1. The summed E-state index contributed by atoms with van der Waals surface area (Å²) in [5.41, 5.74) is 2.05. The lowest BCUT2D eigenvalue weighted by Crippen LogP contribution is -2.34. The molecule has 28 heavy (non-hydrogen) atoms. The third kappa shape index (κ3) is 4.51. The van der Waals surface area contributed by atoms with Gasteiger partial charge in [0.05, 0.1) is 53.1 Å². The third-order valence-corrected chi connectivity index (χ3v) is 5.12. The van der Waals surface area contributed by atoms with E-state index >= 15 is 0 Å². The average molecular weight is 428 g/mol. The first-order valence-corrected chi connectivity index (χ1v) is 9.60. The van der Waals surface area contributed by atoms with Crippen molar-refractivity contribution >= 4 is 35.1 Å². The van der Waals surface area contributed by atoms with E-state index in [1.807, 2.05) is 6.92 Å². The molecule has 0 aromatic heterocycles. The van der Waals surface area contributed by atoms with Crippen molar-refractivity contribution in [3.63, 3.8) is 0 Å². The Bertz CT molecular complexity index is 832. The monoisotopic (exact) mass is 427 g/mol. The minimum atomic E-state index is -0.811. The number of benzene rings is 1. The zero-order valence-corrected chi connectivity index (χ0v) is 17.7. The third-order valence-electron chi connectivity index (χ3n) is 4.29. The number of methoxy groups -OCH3 is 1. The van der Waals surface area contributed by atoms with Crippen LogP contribution < -0.4 is 5.32 Å². The van der Waals surface area contributed by atoms with Crippen LogP contribution in [0.4, 0.5) is 0 Å². The van der Waals surface area contributed by atoms with Gasteiger partial charge in [-0.2, -0.15) is 0 Å². The summed E-state index contributed by atoms with van der Waals surface area (Å²) in [6.07, 6.45) is 0. The molecular formula is C20H23Cl2NO5. The van der Waals surface area contributed by atoms with E-state index in [0.29, 0.717) is 28.6 Å². The molecule has 0 aliphatic carbocycles. The van der Waals surface area contributed by atoms with E-state index in [4.69, 9.17) is 37.4 Å². The van der Waals surface area contributed by atoms with Crippen LogP contribution in [0, 0.1) is 0 Å². The second-order valence-electron chi connectivity index (χ2n) is 5.98. The molecule has 8 heteroatoms. The largest absolute Gasteiger partial charge is 0.466 e. The molecule has 1 aromatic carbocycles. The van der Waals surface area contributed by atoms with Crippen LogP contribution in [0.25, 0.3) is 0 Å². The van der Waals surface area contributed by atoms with Crippen LogP contribution in [0.15, 0.2) is 40.7 Å². The van der Waals surface area contributed by atoms with Gasteiger partial charge in [-0.25, -0.2) is 9.59 Å². The number of esters is 2. The smallest absolute Gasteiger partial charge is 0.336 e. The molecule has 2 rings (SSSR count). The molecule has 6 nitrogen and oxygen atoms in total. The summed E-state index contributed by atoms with van der Waals surface area (Å²) in [7, 11) is 1.28. The van der Waals surface area contributed by atoms with Crippen LogP contribution in [0.2, 0.25) is 10.0 Å². The minimum Gasteiger partial charge on any atom is -0.466 e. The zero-order valence-electron chi connectivity index (χ0n) is 16.2. The van der Waals surface area contributed by atoms with Crippen molar-refractivity contribution in [3.8, 4) is 0 Å². The van der Waals surface area contributed by atoms with Crippen LogP contribution in [0.3, 0.4) is 0 Å². The number of ether oxygens (including phenoxy) is 3. The Kier molecular flexibility index (Phi) is 7.92. The summed E-state index contributed by atoms with van der Waals surface area (Å²) >= 11 is 12.7. The number of nitrogens with one attached hydrogen (secondary N) is 1. The molecule has 0 saturated carbocycles. The molecule has 1 aromatic rings. The molecule has 1 unspecified atom stereocenters. The molecule has 0 spiro atoms. The van der Waals surface area contributed by atoms with Gasteiger partial charge in [-0.05, 0) is 32.4 Å². The minimum absolute atomic E-state index is 0.144. The number of carbonyl (C=O) groups is 2. The number of dihydropyridines is 1. The lowest BCUT2D eigenvalue weighted by Gasteiger charge is -2.31. The summed E-state index contributed by atoms with van der Waals surface area (Å²) in [5.74, 6) is -1.96. The highest BCUT2D eigenvalue weighted by Crippen LogP contribution is 2.43. The summed E-state index contributed by atoms with van der Waals surface area (Å²) in [4.78, 5) is 25.5. The van der Waals surface area contributed by atoms with E-state index in [-0.39, 0.29) is 29.4 Å². The predicted molar refractivity (Wildman–Crippen MR) is 107 cm³/mol. The predicted octanol–water partition coefficient (Wildman–Crippen LogP) is 3.98. The van der Waals surface area contributed by atoms with Crippen molar-refractivity contribution in [2.75, 3.05) is 26.9 Å². The second kappa shape index (κ2) is 9.96. The number of allylic oxidation sites excluding steroid dienone is 1. The van der Waals surface area contributed by atoms with E-state index in [0.717, 1.165) is 0 Å². The molecule has 0 bridgehead atoms. The van der Waals surface area contributed by atoms with E-state index in [9.17, 15) is 9.59 Å². The maximum atomic E-state index is 12.9. The van der Waals surface area contributed by atoms with Crippen molar-refractivity contribution in [2.45, 2.75) is 26.7 Å². The van der Waals surface area contributed by atoms with Crippen molar-refractivity contribution in [1.29, 1.82) is 0 Å². The molecule has 1 atom stereocenters. The fourth-order valence-electron chi connectivity index (χ4n) is 3.10. The van der Waals surface area contributed by atoms with Crippen molar-refractivity contribution in [2.24, 2.45) is 0 Å². The average Bonchev–Trinajstić information content (AvgIpc) is 2.67. The molecular weight excluding hydrogens is 405 g/mol. The maximum absolute atomic E-state index is 12.9. The van der Waals surface area contributed by atoms with E-state index < -0.39 is 17.9 Å². The van der Waals surface area contributed by atoms with Crippen LogP contribution in [-0.2, 0) is 23.8 Å². The highest BCUT2D eigenvalue weighted by molar-refractivity contribution is 6.42. The Balaban J connectivity index is 2.77. The highest BCUT2D eigenvalue weighted by Gasteiger charge is 2.39. The number of halogens is 2. The zero-order chi connectivity index (χ0) is 20.8. The van der Waals surface area contributed by atoms with Crippen LogP contribution in [-0.4, -0.2) is 38.9 Å². The molecule has 1 aliphatic rings. The summed E-state index contributed by atoms with van der Waals surface area (Å²) < 4.78 is 15.7. The lowest BCUT2D eigenvalue weighted by atomic mass is 9.80. The summed E-state index contributed by atoms with van der Waals surface area (Å²) in [5, 5.41) is 3.66. The molecule has 0 radical (unpaired) electrons. The number of carbonyl (C=O) groups excluding carboxylic acids is 2. The first kappa shape index (κ1) is 22.3. The van der Waals surface area contributed by atoms with Gasteiger partial charge in [0.2, 0.25) is 0 Å². The number of rotatable bonds is 7. The normalized spacial score (nSPS) is 16.7. The fourth-order valence-corrected chi connectivity index (χ4v) is 3.52. The standard InChI is InChI=1S/C20H23Cl2NO5/c1-5-27-10-14-17(20(25)28-6-2)16(12-8-7-9-13(21)18(12)22)15(11(3)23-14)19(24)26-4/h7-9,16,23H,5-6,10H2,1-4H3. The summed E-state index contributed by atoms with van der Waals surface area (Å²) in [6, 6.07) is 5.07. The van der Waals surface area contributed by atoms with Gasteiger partial charge in [0.1, 0.15) is 0 Å². The number of hydrogen-bond donors (Lipinski definition) is 1. The molecule has 1 N–H and O–H groups in total. The first-order chi connectivity index (χ1) is 13.4. The molecule has 0 amide bonds.